The molecular formula is C12H11ClFN3. The minimum absolute atomic E-state index is 0.258. The highest BCUT2D eigenvalue weighted by Crippen LogP contribution is 2.21. The molecule has 1 aromatic heterocycles. The number of nitrogens with one attached hydrogen (secondary N) is 1. The number of hydrogen-bond acceptors (Lipinski definition) is 3. The van der Waals surface area contributed by atoms with Crippen LogP contribution in [0.2, 0.25) is 5.02 Å². The lowest BCUT2D eigenvalue weighted by molar-refractivity contribution is 0.613. The van der Waals surface area contributed by atoms with E-state index in [1.165, 1.54) is 12.3 Å². The van der Waals surface area contributed by atoms with E-state index in [1.807, 2.05) is 0 Å². The summed E-state index contributed by atoms with van der Waals surface area (Å²) < 4.78 is 13.3. The van der Waals surface area contributed by atoms with Gasteiger partial charge in [0.1, 0.15) is 11.6 Å². The van der Waals surface area contributed by atoms with Crippen LogP contribution in [-0.4, -0.2) is 4.98 Å². The third-order valence-electron chi connectivity index (χ3n) is 2.27. The van der Waals surface area contributed by atoms with Gasteiger partial charge in [-0.3, -0.25) is 0 Å². The molecule has 1 aromatic carbocycles. The van der Waals surface area contributed by atoms with Crippen LogP contribution in [0.25, 0.3) is 0 Å². The van der Waals surface area contributed by atoms with E-state index in [2.05, 4.69) is 10.3 Å². The Labute approximate surface area is 103 Å². The van der Waals surface area contributed by atoms with Gasteiger partial charge in [-0.25, -0.2) is 9.37 Å². The highest BCUT2D eigenvalue weighted by Gasteiger charge is 2.04. The molecule has 0 amide bonds. The second kappa shape index (κ2) is 5.01. The molecule has 0 bridgehead atoms. The van der Waals surface area contributed by atoms with Crippen molar-refractivity contribution in [3.05, 3.63) is 52.9 Å². The fraction of sp³-hybridized carbons (Fsp3) is 0.0833. The van der Waals surface area contributed by atoms with E-state index in [0.717, 1.165) is 0 Å². The molecule has 2 aromatic rings. The van der Waals surface area contributed by atoms with Crippen LogP contribution in [0.4, 0.5) is 15.9 Å². The maximum absolute atomic E-state index is 13.3. The van der Waals surface area contributed by atoms with E-state index in [1.54, 1.807) is 24.3 Å². The van der Waals surface area contributed by atoms with E-state index >= 15 is 0 Å². The number of hydrogen-bond donors (Lipinski definition) is 2. The Hall–Kier alpha value is -1.81. The van der Waals surface area contributed by atoms with Crippen molar-refractivity contribution in [3.8, 4) is 0 Å². The molecule has 88 valence electrons. The van der Waals surface area contributed by atoms with Crippen molar-refractivity contribution in [2.45, 2.75) is 6.54 Å². The van der Waals surface area contributed by atoms with Gasteiger partial charge in [0.15, 0.2) is 0 Å². The summed E-state index contributed by atoms with van der Waals surface area (Å²) in [5, 5.41) is 3.38. The summed E-state index contributed by atoms with van der Waals surface area (Å²) in [4.78, 5) is 4.03. The van der Waals surface area contributed by atoms with E-state index in [9.17, 15) is 4.39 Å². The quantitative estimate of drug-likeness (QED) is 0.882. The minimum atomic E-state index is -0.258. The van der Waals surface area contributed by atoms with Gasteiger partial charge in [0.25, 0.3) is 0 Å². The summed E-state index contributed by atoms with van der Waals surface area (Å²) >= 11 is 5.94. The van der Waals surface area contributed by atoms with Crippen molar-refractivity contribution >= 4 is 23.1 Å². The number of pyridine rings is 1. The largest absolute Gasteiger partial charge is 0.397 e. The van der Waals surface area contributed by atoms with Crippen molar-refractivity contribution in [1.29, 1.82) is 0 Å². The SMILES string of the molecule is Nc1cnc(NCc2ccccc2F)c(Cl)c1. The van der Waals surface area contributed by atoms with Gasteiger partial charge >= 0.3 is 0 Å². The van der Waals surface area contributed by atoms with Crippen LogP contribution in [0.3, 0.4) is 0 Å². The van der Waals surface area contributed by atoms with Crippen LogP contribution in [-0.2, 0) is 6.54 Å². The molecule has 2 rings (SSSR count). The summed E-state index contributed by atoms with van der Waals surface area (Å²) in [6.45, 7) is 0.323. The van der Waals surface area contributed by atoms with E-state index in [-0.39, 0.29) is 5.82 Å². The first-order valence-corrected chi connectivity index (χ1v) is 5.43. The lowest BCUT2D eigenvalue weighted by Crippen LogP contribution is -2.04. The topological polar surface area (TPSA) is 50.9 Å². The van der Waals surface area contributed by atoms with Gasteiger partial charge in [-0.15, -0.1) is 0 Å². The maximum Gasteiger partial charge on any atom is 0.145 e. The zero-order chi connectivity index (χ0) is 12.3. The van der Waals surface area contributed by atoms with Crippen molar-refractivity contribution in [3.63, 3.8) is 0 Å². The van der Waals surface area contributed by atoms with Gasteiger partial charge in [-0.1, -0.05) is 29.8 Å². The summed E-state index contributed by atoms with van der Waals surface area (Å²) in [5.74, 6) is 0.232. The number of nitrogens with two attached hydrogens (primary N) is 1. The van der Waals surface area contributed by atoms with Crippen LogP contribution in [0.5, 0.6) is 0 Å². The molecular weight excluding hydrogens is 241 g/mol. The number of benzene rings is 1. The Morgan fingerprint density at radius 1 is 1.35 bits per heavy atom. The molecule has 0 saturated carbocycles. The summed E-state index contributed by atoms with van der Waals surface area (Å²) in [5.41, 5.74) is 6.57. The first kappa shape index (κ1) is 11.7. The van der Waals surface area contributed by atoms with Crippen LogP contribution >= 0.6 is 11.6 Å². The fourth-order valence-electron chi connectivity index (χ4n) is 1.40. The van der Waals surface area contributed by atoms with Gasteiger partial charge in [-0.2, -0.15) is 0 Å². The average Bonchev–Trinajstić information content (AvgIpc) is 2.30. The van der Waals surface area contributed by atoms with Gasteiger partial charge in [0, 0.05) is 12.1 Å². The van der Waals surface area contributed by atoms with Crippen molar-refractivity contribution < 1.29 is 4.39 Å². The Balaban J connectivity index is 2.10. The zero-order valence-electron chi connectivity index (χ0n) is 8.95. The Kier molecular flexibility index (Phi) is 3.44. The molecule has 0 aliphatic carbocycles. The lowest BCUT2D eigenvalue weighted by Gasteiger charge is -2.08. The minimum Gasteiger partial charge on any atom is -0.397 e. The second-order valence-corrected chi connectivity index (χ2v) is 3.95. The Morgan fingerprint density at radius 2 is 2.12 bits per heavy atom. The Bertz CT molecular complexity index is 531. The molecule has 0 unspecified atom stereocenters. The highest BCUT2D eigenvalue weighted by molar-refractivity contribution is 6.33. The predicted molar refractivity (Wildman–Crippen MR) is 67.4 cm³/mol. The first-order valence-electron chi connectivity index (χ1n) is 5.05. The molecule has 3 nitrogen and oxygen atoms in total. The fourth-order valence-corrected chi connectivity index (χ4v) is 1.65. The molecule has 17 heavy (non-hydrogen) atoms. The molecule has 0 aliphatic heterocycles. The van der Waals surface area contributed by atoms with E-state index in [0.29, 0.717) is 28.6 Å². The van der Waals surface area contributed by atoms with Gasteiger partial charge < -0.3 is 11.1 Å². The summed E-state index contributed by atoms with van der Waals surface area (Å²) in [6, 6.07) is 8.13. The van der Waals surface area contributed by atoms with E-state index < -0.39 is 0 Å². The monoisotopic (exact) mass is 251 g/mol. The third kappa shape index (κ3) is 2.85. The number of halogens is 2. The molecule has 3 N–H and O–H groups in total. The van der Waals surface area contributed by atoms with Crippen LogP contribution in [0.1, 0.15) is 5.56 Å². The Morgan fingerprint density at radius 3 is 2.82 bits per heavy atom. The van der Waals surface area contributed by atoms with Crippen LogP contribution < -0.4 is 11.1 Å². The highest BCUT2D eigenvalue weighted by atomic mass is 35.5. The smallest absolute Gasteiger partial charge is 0.145 e. The van der Waals surface area contributed by atoms with Crippen molar-refractivity contribution in [1.82, 2.24) is 4.98 Å². The number of anilines is 2. The van der Waals surface area contributed by atoms with Crippen molar-refractivity contribution in [2.24, 2.45) is 0 Å². The molecule has 0 saturated heterocycles. The standard InChI is InChI=1S/C12H11ClFN3/c13-10-5-9(15)7-17-12(10)16-6-8-3-1-2-4-11(8)14/h1-5,7H,6,15H2,(H,16,17). The lowest BCUT2D eigenvalue weighted by atomic mass is 10.2. The zero-order valence-corrected chi connectivity index (χ0v) is 9.71. The third-order valence-corrected chi connectivity index (χ3v) is 2.55. The number of rotatable bonds is 3. The number of nitrogen functional groups attached to an aromatic ring is 1. The average molecular weight is 252 g/mol. The predicted octanol–water partition coefficient (Wildman–Crippen LogP) is 3.07. The van der Waals surface area contributed by atoms with Crippen molar-refractivity contribution in [2.75, 3.05) is 11.1 Å². The summed E-state index contributed by atoms with van der Waals surface area (Å²) in [7, 11) is 0. The molecule has 1 heterocycles. The molecule has 5 heteroatoms. The number of nitrogens with zero attached hydrogens (tertiary/aromatic N) is 1. The van der Waals surface area contributed by atoms with Crippen LogP contribution in [0, 0.1) is 5.82 Å². The molecule has 0 spiro atoms. The van der Waals surface area contributed by atoms with Gasteiger partial charge in [0.2, 0.25) is 0 Å². The maximum atomic E-state index is 13.3. The van der Waals surface area contributed by atoms with Crippen LogP contribution in [0.15, 0.2) is 36.5 Å². The second-order valence-electron chi connectivity index (χ2n) is 3.54. The molecule has 0 radical (unpaired) electrons. The summed E-state index contributed by atoms with van der Waals surface area (Å²) in [6.07, 6.45) is 1.50. The van der Waals surface area contributed by atoms with Gasteiger partial charge in [-0.05, 0) is 12.1 Å². The van der Waals surface area contributed by atoms with Gasteiger partial charge in [0.05, 0.1) is 16.9 Å². The normalized spacial score (nSPS) is 10.2. The first-order chi connectivity index (χ1) is 8.16. The molecule has 0 atom stereocenters. The molecule has 0 fully saturated rings. The molecule has 0 aliphatic rings. The van der Waals surface area contributed by atoms with E-state index in [4.69, 9.17) is 17.3 Å². The number of aromatic nitrogens is 1.